The van der Waals surface area contributed by atoms with Crippen LogP contribution < -0.4 is 10.2 Å². The summed E-state index contributed by atoms with van der Waals surface area (Å²) in [7, 11) is 2.14. The largest absolute Gasteiger partial charge is 0.476 e. The highest BCUT2D eigenvalue weighted by molar-refractivity contribution is 14.1. The van der Waals surface area contributed by atoms with E-state index in [9.17, 15) is 9.90 Å². The molecule has 0 spiro atoms. The van der Waals surface area contributed by atoms with Crippen LogP contribution in [-0.4, -0.2) is 129 Å². The topological polar surface area (TPSA) is 162 Å². The number of carboxylic acid groups (broad SMARTS) is 1. The van der Waals surface area contributed by atoms with E-state index < -0.39 is 5.97 Å². The Hall–Kier alpha value is -3.85. The summed E-state index contributed by atoms with van der Waals surface area (Å²) in [5.41, 5.74) is 5.53. The van der Waals surface area contributed by atoms with Gasteiger partial charge < -0.3 is 39.2 Å². The minimum Gasteiger partial charge on any atom is -0.476 e. The van der Waals surface area contributed by atoms with E-state index in [2.05, 4.69) is 81.6 Å². The molecule has 5 aromatic rings. The SMILES string of the molecule is Cc1c(Nc2nc3ccccc3s2)nnc2c1CCCN2c1ccc(-c2cnn(CC34CC5(OCCN(C)CCOCCOCCOCCI)C[C@](C)(C3)C[C@](C)(C4)C5)c2C)c(C(=O)O)n1. The molecule has 0 saturated heterocycles. The van der Waals surface area contributed by atoms with Crippen molar-refractivity contribution in [2.45, 2.75) is 91.2 Å². The van der Waals surface area contributed by atoms with Gasteiger partial charge >= 0.3 is 5.97 Å². The van der Waals surface area contributed by atoms with Crippen molar-refractivity contribution in [2.75, 3.05) is 87.6 Å². The first-order chi connectivity index (χ1) is 31.8. The summed E-state index contributed by atoms with van der Waals surface area (Å²) in [5.74, 6) is 0.820. The fourth-order valence-electron chi connectivity index (χ4n) is 12.6. The number of para-hydroxylation sites is 1. The number of benzene rings is 1. The summed E-state index contributed by atoms with van der Waals surface area (Å²) in [6.45, 7) is 16.6. The van der Waals surface area contributed by atoms with Crippen molar-refractivity contribution in [3.8, 4) is 11.1 Å². The van der Waals surface area contributed by atoms with Crippen molar-refractivity contribution < 1.29 is 28.8 Å². The van der Waals surface area contributed by atoms with Crippen molar-refractivity contribution in [1.82, 2.24) is 34.8 Å². The smallest absolute Gasteiger partial charge is 0.355 e. The van der Waals surface area contributed by atoms with Crippen LogP contribution in [0, 0.1) is 30.1 Å². The predicted octanol–water partition coefficient (Wildman–Crippen LogP) is 9.04. The molecule has 2 N–H and O–H groups in total. The second-order valence-corrected chi connectivity index (χ2v) is 22.2. The Morgan fingerprint density at radius 1 is 0.879 bits per heavy atom. The molecule has 4 fully saturated rings. The van der Waals surface area contributed by atoms with Gasteiger partial charge in [0.2, 0.25) is 0 Å². The molecule has 4 bridgehead atoms. The van der Waals surface area contributed by atoms with Gasteiger partial charge in [-0.1, -0.05) is 59.9 Å². The zero-order chi connectivity index (χ0) is 46.1. The molecule has 17 heteroatoms. The van der Waals surface area contributed by atoms with Gasteiger partial charge in [0.05, 0.1) is 68.3 Å². The molecule has 1 aromatic carbocycles. The zero-order valence-corrected chi connectivity index (χ0v) is 42.0. The lowest BCUT2D eigenvalue weighted by atomic mass is 9.39. The second-order valence-electron chi connectivity index (χ2n) is 20.1. The van der Waals surface area contributed by atoms with Crippen LogP contribution in [-0.2, 0) is 31.9 Å². The summed E-state index contributed by atoms with van der Waals surface area (Å²) >= 11 is 3.88. The number of anilines is 4. The lowest BCUT2D eigenvalue weighted by Crippen LogP contribution is -2.64. The van der Waals surface area contributed by atoms with Crippen LogP contribution in [0.4, 0.5) is 22.6 Å². The van der Waals surface area contributed by atoms with Crippen LogP contribution in [0.5, 0.6) is 0 Å². The highest BCUT2D eigenvalue weighted by Gasteiger charge is 2.66. The standard InChI is InChI=1S/C49H64IN9O6S/c1-33-35-9-8-15-58(43(35)56-55-42(33)54-45-52-38-10-6-7-11-39(38)66-45)40-13-12-36(41(53-40)44(60)61)37-25-51-59(34(37)2)32-48-27-46(3)26-47(4,28-48)30-49(29-46,31-48)65-20-17-57(5)16-19-63-22-24-64-23-21-62-18-14-50/h6-7,10-13,25H,8-9,14-24,26-32H2,1-5H3,(H,60,61)(H,52,54,55)/t46-,47+,48?,49?. The molecule has 4 atom stereocenters. The van der Waals surface area contributed by atoms with Gasteiger partial charge in [0.1, 0.15) is 5.82 Å². The molecule has 10 rings (SSSR count). The van der Waals surface area contributed by atoms with E-state index in [-0.39, 0.29) is 27.5 Å². The molecule has 4 saturated carbocycles. The monoisotopic (exact) mass is 1030 g/mol. The van der Waals surface area contributed by atoms with E-state index in [1.807, 2.05) is 48.4 Å². The zero-order valence-electron chi connectivity index (χ0n) is 39.0. The first kappa shape index (κ1) is 47.2. The minimum atomic E-state index is -1.08. The van der Waals surface area contributed by atoms with E-state index in [0.29, 0.717) is 69.2 Å². The molecule has 4 aromatic heterocycles. The molecule has 4 aliphatic carbocycles. The maximum absolute atomic E-state index is 13.0. The number of nitrogens with one attached hydrogen (secondary N) is 1. The number of rotatable bonds is 22. The molecule has 0 radical (unpaired) electrons. The Morgan fingerprint density at radius 3 is 2.35 bits per heavy atom. The van der Waals surface area contributed by atoms with Gasteiger partial charge in [-0.05, 0) is 113 Å². The Labute approximate surface area is 405 Å². The third kappa shape index (κ3) is 10.1. The molecular weight excluding hydrogens is 970 g/mol. The fraction of sp³-hybridized carbons (Fsp3) is 0.592. The average Bonchev–Trinajstić information content (AvgIpc) is 3.85. The number of ether oxygens (including phenoxy) is 4. The summed E-state index contributed by atoms with van der Waals surface area (Å²) in [6.07, 6.45) is 10.2. The number of halogens is 1. The number of likely N-dealkylation sites (N-methyl/N-ethyl adjacent to an activating group) is 1. The third-order valence-corrected chi connectivity index (χ3v) is 15.7. The summed E-state index contributed by atoms with van der Waals surface area (Å²) in [5, 5.41) is 29.1. The van der Waals surface area contributed by atoms with Crippen LogP contribution >= 0.6 is 33.9 Å². The number of hydrogen-bond donors (Lipinski definition) is 2. The van der Waals surface area contributed by atoms with Crippen LogP contribution in [0.2, 0.25) is 0 Å². The Balaban J connectivity index is 0.858. The number of aromatic nitrogens is 6. The molecule has 354 valence electrons. The van der Waals surface area contributed by atoms with E-state index in [0.717, 1.165) is 113 Å². The van der Waals surface area contributed by atoms with Crippen LogP contribution in [0.1, 0.15) is 86.1 Å². The summed E-state index contributed by atoms with van der Waals surface area (Å²) in [6, 6.07) is 11.8. The Bertz CT molecular complexity index is 2480. The number of alkyl halides is 1. The minimum absolute atomic E-state index is 0.00250. The maximum Gasteiger partial charge on any atom is 0.355 e. The van der Waals surface area contributed by atoms with Crippen LogP contribution in [0.3, 0.4) is 0 Å². The van der Waals surface area contributed by atoms with Crippen molar-refractivity contribution in [1.29, 1.82) is 0 Å². The maximum atomic E-state index is 13.0. The van der Waals surface area contributed by atoms with Gasteiger partial charge in [-0.2, -0.15) is 5.10 Å². The molecule has 5 heterocycles. The van der Waals surface area contributed by atoms with Crippen molar-refractivity contribution in [2.24, 2.45) is 16.2 Å². The number of nitrogens with zero attached hydrogens (tertiary/aromatic N) is 8. The van der Waals surface area contributed by atoms with Crippen LogP contribution in [0.15, 0.2) is 42.6 Å². The number of pyridine rings is 1. The molecule has 5 aliphatic rings. The number of aromatic carboxylic acids is 1. The first-order valence-electron chi connectivity index (χ1n) is 23.4. The second kappa shape index (κ2) is 19.6. The number of hydrogen-bond acceptors (Lipinski definition) is 14. The number of carboxylic acids is 1. The molecule has 2 unspecified atom stereocenters. The lowest BCUT2D eigenvalue weighted by molar-refractivity contribution is -0.248. The van der Waals surface area contributed by atoms with Crippen LogP contribution in [0.25, 0.3) is 21.3 Å². The molecule has 66 heavy (non-hydrogen) atoms. The van der Waals surface area contributed by atoms with Gasteiger partial charge in [-0.15, -0.1) is 10.2 Å². The highest BCUT2D eigenvalue weighted by atomic mass is 127. The molecule has 15 nitrogen and oxygen atoms in total. The third-order valence-electron chi connectivity index (χ3n) is 14.3. The van der Waals surface area contributed by atoms with Gasteiger partial charge in [-0.3, -0.25) is 4.68 Å². The Kier molecular flexibility index (Phi) is 14.0. The predicted molar refractivity (Wildman–Crippen MR) is 266 cm³/mol. The highest BCUT2D eigenvalue weighted by Crippen LogP contribution is 2.72. The first-order valence-corrected chi connectivity index (χ1v) is 25.8. The van der Waals surface area contributed by atoms with Crippen molar-refractivity contribution in [3.05, 3.63) is 65.1 Å². The van der Waals surface area contributed by atoms with Gasteiger partial charge in [0.25, 0.3) is 0 Å². The number of fused-ring (bicyclic) bond motifs is 2. The normalized spacial score (nSPS) is 24.4. The van der Waals surface area contributed by atoms with E-state index in [4.69, 9.17) is 34.0 Å². The van der Waals surface area contributed by atoms with Gasteiger partial charge in [-0.25, -0.2) is 14.8 Å². The van der Waals surface area contributed by atoms with Gasteiger partial charge in [0, 0.05) is 58.6 Å². The summed E-state index contributed by atoms with van der Waals surface area (Å²) in [4.78, 5) is 26.8. The molecular formula is C49H64IN9O6S. The average molecular weight is 1030 g/mol. The number of thiazole rings is 1. The summed E-state index contributed by atoms with van der Waals surface area (Å²) < 4.78 is 28.2. The lowest BCUT2D eigenvalue weighted by Gasteiger charge is -2.69. The fourth-order valence-corrected chi connectivity index (χ4v) is 13.8. The van der Waals surface area contributed by atoms with E-state index in [1.54, 1.807) is 11.3 Å². The Morgan fingerprint density at radius 2 is 1.61 bits per heavy atom. The van der Waals surface area contributed by atoms with E-state index in [1.165, 1.54) is 6.42 Å². The van der Waals surface area contributed by atoms with E-state index >= 15 is 0 Å². The molecule has 1 aliphatic heterocycles. The van der Waals surface area contributed by atoms with Gasteiger partial charge in [0.15, 0.2) is 22.5 Å². The quantitative estimate of drug-likeness (QED) is 0.0384. The van der Waals surface area contributed by atoms with Crippen molar-refractivity contribution >= 4 is 72.7 Å². The molecule has 0 amide bonds. The number of carbonyl (C=O) groups is 1. The van der Waals surface area contributed by atoms with Crippen molar-refractivity contribution in [3.63, 3.8) is 0 Å².